The van der Waals surface area contributed by atoms with E-state index in [1.54, 1.807) is 6.92 Å². The molecule has 0 saturated carbocycles. The van der Waals surface area contributed by atoms with Crippen LogP contribution in [0.4, 0.5) is 26.3 Å². The summed E-state index contributed by atoms with van der Waals surface area (Å²) in [4.78, 5) is 16.4. The van der Waals surface area contributed by atoms with Gasteiger partial charge in [0.2, 0.25) is 11.7 Å². The minimum atomic E-state index is -5.01. The molecule has 0 fully saturated rings. The van der Waals surface area contributed by atoms with Crippen LogP contribution >= 0.6 is 0 Å². The van der Waals surface area contributed by atoms with Crippen LogP contribution in [0.5, 0.6) is 0 Å². The number of hydrogen-bond donors (Lipinski definition) is 1. The van der Waals surface area contributed by atoms with Gasteiger partial charge in [-0.25, -0.2) is 4.39 Å². The van der Waals surface area contributed by atoms with Gasteiger partial charge in [-0.1, -0.05) is 24.2 Å². The summed E-state index contributed by atoms with van der Waals surface area (Å²) >= 11 is 0. The van der Waals surface area contributed by atoms with Crippen molar-refractivity contribution in [3.63, 3.8) is 0 Å². The molecule has 3 rings (SSSR count). The number of halogens is 6. The number of benzene rings is 1. The van der Waals surface area contributed by atoms with Gasteiger partial charge in [0, 0.05) is 11.6 Å². The third kappa shape index (κ3) is 4.44. The Labute approximate surface area is 164 Å². The Kier molecular flexibility index (Phi) is 5.80. The molecule has 0 spiro atoms. The van der Waals surface area contributed by atoms with Crippen LogP contribution in [-0.2, 0) is 6.18 Å². The van der Waals surface area contributed by atoms with Crippen LogP contribution in [0, 0.1) is 5.82 Å². The molecule has 3 aromatic rings. The van der Waals surface area contributed by atoms with E-state index < -0.39 is 41.9 Å². The van der Waals surface area contributed by atoms with Crippen molar-refractivity contribution in [1.29, 1.82) is 0 Å². The predicted molar refractivity (Wildman–Crippen MR) is 88.7 cm³/mol. The first-order valence-electron chi connectivity index (χ1n) is 8.45. The average molecular weight is 433 g/mol. The maximum absolute atomic E-state index is 13.3. The molecule has 30 heavy (non-hydrogen) atoms. The molecule has 160 valence electrons. The molecule has 2 heterocycles. The summed E-state index contributed by atoms with van der Waals surface area (Å²) in [6.45, 7) is -1.88. The third-order valence-corrected chi connectivity index (χ3v) is 3.98. The van der Waals surface area contributed by atoms with Crippen LogP contribution in [0.15, 0.2) is 34.9 Å². The van der Waals surface area contributed by atoms with Crippen LogP contribution in [0.25, 0.3) is 11.4 Å². The lowest BCUT2D eigenvalue weighted by molar-refractivity contribution is -0.142. The number of carbonyl (C=O) groups excluding carboxylic acids is 1. The predicted octanol–water partition coefficient (Wildman–Crippen LogP) is 4.37. The molecule has 0 aliphatic carbocycles. The smallest absolute Gasteiger partial charge is 0.339 e. The highest BCUT2D eigenvalue weighted by molar-refractivity contribution is 5.93. The third-order valence-electron chi connectivity index (χ3n) is 3.98. The van der Waals surface area contributed by atoms with Crippen LogP contribution in [0.3, 0.4) is 0 Å². The fourth-order valence-corrected chi connectivity index (χ4v) is 2.54. The molecule has 0 aliphatic heterocycles. The van der Waals surface area contributed by atoms with Crippen molar-refractivity contribution >= 4 is 5.91 Å². The van der Waals surface area contributed by atoms with Gasteiger partial charge in [0.15, 0.2) is 5.69 Å². The monoisotopic (exact) mass is 433 g/mol. The minimum Gasteiger partial charge on any atom is -0.339 e. The molecular formula is C17H13F6N5O2. The number of amides is 1. The summed E-state index contributed by atoms with van der Waals surface area (Å²) in [6, 6.07) is 4.51. The summed E-state index contributed by atoms with van der Waals surface area (Å²) < 4.78 is 82.5. The van der Waals surface area contributed by atoms with E-state index in [0.717, 1.165) is 6.07 Å². The molecular weight excluding hydrogens is 420 g/mol. The molecule has 0 saturated heterocycles. The van der Waals surface area contributed by atoms with E-state index in [1.165, 1.54) is 18.2 Å². The Bertz CT molecular complexity index is 1050. The first-order valence-corrected chi connectivity index (χ1v) is 8.45. The minimum absolute atomic E-state index is 0.00850. The van der Waals surface area contributed by atoms with Crippen LogP contribution in [0.2, 0.25) is 0 Å². The fourth-order valence-electron chi connectivity index (χ4n) is 2.54. The van der Waals surface area contributed by atoms with E-state index in [1.807, 2.05) is 0 Å². The van der Waals surface area contributed by atoms with Gasteiger partial charge in [0.1, 0.15) is 17.6 Å². The van der Waals surface area contributed by atoms with Crippen molar-refractivity contribution in [2.45, 2.75) is 32.1 Å². The number of hydrogen-bond acceptors (Lipinski definition) is 5. The van der Waals surface area contributed by atoms with E-state index in [-0.39, 0.29) is 34.4 Å². The molecule has 1 atom stereocenters. The van der Waals surface area contributed by atoms with Crippen LogP contribution in [0.1, 0.15) is 48.0 Å². The Hall–Kier alpha value is -3.38. The largest absolute Gasteiger partial charge is 0.435 e. The van der Waals surface area contributed by atoms with Gasteiger partial charge >= 0.3 is 12.7 Å². The van der Waals surface area contributed by atoms with Crippen molar-refractivity contribution in [3.05, 3.63) is 53.4 Å². The summed E-state index contributed by atoms with van der Waals surface area (Å²) in [5, 5.41) is 8.69. The van der Waals surface area contributed by atoms with Gasteiger partial charge < -0.3 is 9.84 Å². The highest BCUT2D eigenvalue weighted by Gasteiger charge is 2.37. The topological polar surface area (TPSA) is 85.8 Å². The van der Waals surface area contributed by atoms with Gasteiger partial charge in [-0.3, -0.25) is 4.79 Å². The maximum Gasteiger partial charge on any atom is 0.435 e. The lowest BCUT2D eigenvalue weighted by Crippen LogP contribution is -2.30. The second-order valence-electron chi connectivity index (χ2n) is 6.04. The molecule has 1 amide bonds. The number of alkyl halides is 5. The zero-order chi connectivity index (χ0) is 22.1. The first-order chi connectivity index (χ1) is 14.1. The van der Waals surface area contributed by atoms with Gasteiger partial charge in [-0.15, -0.1) is 0 Å². The number of aromatic nitrogens is 4. The molecule has 0 unspecified atom stereocenters. The van der Waals surface area contributed by atoms with Crippen LogP contribution < -0.4 is 5.32 Å². The first kappa shape index (κ1) is 21.3. The Balaban J connectivity index is 1.85. The molecule has 0 bridgehead atoms. The second kappa shape index (κ2) is 8.16. The Morgan fingerprint density at radius 3 is 2.60 bits per heavy atom. The summed E-state index contributed by atoms with van der Waals surface area (Å²) in [5.41, 5.74) is -2.33. The highest BCUT2D eigenvalue weighted by Crippen LogP contribution is 2.30. The maximum atomic E-state index is 13.3. The van der Waals surface area contributed by atoms with Crippen molar-refractivity contribution in [1.82, 2.24) is 25.2 Å². The zero-order valence-corrected chi connectivity index (χ0v) is 15.1. The lowest BCUT2D eigenvalue weighted by atomic mass is 10.2. The number of rotatable bonds is 6. The van der Waals surface area contributed by atoms with Gasteiger partial charge in [-0.05, 0) is 18.6 Å². The van der Waals surface area contributed by atoms with Crippen molar-refractivity contribution in [3.8, 4) is 11.4 Å². The zero-order valence-electron chi connectivity index (χ0n) is 15.1. The molecule has 0 radical (unpaired) electrons. The van der Waals surface area contributed by atoms with Crippen LogP contribution in [-0.4, -0.2) is 25.8 Å². The summed E-state index contributed by atoms with van der Waals surface area (Å²) in [5.74, 6) is -1.91. The van der Waals surface area contributed by atoms with Crippen molar-refractivity contribution in [2.24, 2.45) is 0 Å². The van der Waals surface area contributed by atoms with Gasteiger partial charge in [0.05, 0.1) is 0 Å². The van der Waals surface area contributed by atoms with E-state index in [4.69, 9.17) is 4.52 Å². The average Bonchev–Trinajstić information content (AvgIpc) is 3.33. The highest BCUT2D eigenvalue weighted by atomic mass is 19.4. The Morgan fingerprint density at radius 1 is 1.27 bits per heavy atom. The number of nitrogens with one attached hydrogen (secondary N) is 1. The van der Waals surface area contributed by atoms with Gasteiger partial charge in [-0.2, -0.15) is 36.7 Å². The second-order valence-corrected chi connectivity index (χ2v) is 6.04. The summed E-state index contributed by atoms with van der Waals surface area (Å²) in [6.07, 6.45) is -4.86. The molecule has 1 aromatic carbocycles. The van der Waals surface area contributed by atoms with Gasteiger partial charge in [0.25, 0.3) is 5.91 Å². The molecule has 7 nitrogen and oxygen atoms in total. The molecule has 2 aromatic heterocycles. The summed E-state index contributed by atoms with van der Waals surface area (Å²) in [7, 11) is 0. The Morgan fingerprint density at radius 2 is 2.00 bits per heavy atom. The SMILES string of the molecule is CC[C@H](NC(=O)c1cc(C(F)(F)F)nn1C(F)F)c1nc(-c2cccc(F)c2)no1. The van der Waals surface area contributed by atoms with Crippen molar-refractivity contribution in [2.75, 3.05) is 0 Å². The standard InChI is InChI=1S/C17H13F6N5O2/c1-2-10(15-25-13(27-30-15)8-4-3-5-9(18)6-8)24-14(29)11-7-12(17(21,22)23)26-28(11)16(19)20/h3-7,10,16H,2H2,1H3,(H,24,29)/t10-/m0/s1. The number of nitrogens with zero attached hydrogens (tertiary/aromatic N) is 4. The van der Waals surface area contributed by atoms with E-state index in [9.17, 15) is 31.1 Å². The van der Waals surface area contributed by atoms with Crippen molar-refractivity contribution < 1.29 is 35.7 Å². The molecule has 1 N–H and O–H groups in total. The van der Waals surface area contributed by atoms with E-state index in [2.05, 4.69) is 20.6 Å². The van der Waals surface area contributed by atoms with E-state index in [0.29, 0.717) is 0 Å². The molecule has 0 aliphatic rings. The lowest BCUT2D eigenvalue weighted by Gasteiger charge is -2.13. The normalized spacial score (nSPS) is 12.9. The number of carbonyl (C=O) groups is 1. The van der Waals surface area contributed by atoms with E-state index >= 15 is 0 Å². The fraction of sp³-hybridized carbons (Fsp3) is 0.294. The quantitative estimate of drug-likeness (QED) is 0.584. The molecule has 13 heteroatoms.